The molecule has 0 unspecified atom stereocenters. The van der Waals surface area contributed by atoms with Crippen LogP contribution in [0.15, 0.2) is 60.3 Å². The van der Waals surface area contributed by atoms with Crippen molar-refractivity contribution in [2.75, 3.05) is 11.1 Å². The van der Waals surface area contributed by atoms with Crippen LogP contribution in [0, 0.1) is 9.39 Å². The summed E-state index contributed by atoms with van der Waals surface area (Å²) >= 11 is 5.32. The topological polar surface area (TPSA) is 59.8 Å². The normalized spacial score (nSPS) is 11.1. The average molecular weight is 597 g/mol. The molecule has 1 N–H and O–H groups in total. The molecule has 0 aliphatic heterocycles. The van der Waals surface area contributed by atoms with Gasteiger partial charge in [-0.1, -0.05) is 43.8 Å². The lowest BCUT2D eigenvalue weighted by Crippen LogP contribution is -2.16. The standard InChI is InChI=1S/C24H26FIN4OS2/c1-4-11-30-22(14-32-13-17-5-7-18(25)8-6-17)28-29-24(30)33-15-23(31)27-21-10-9-19(26)12-20(21)16(2)3/h4-10,12,16H,1,11,13-15H2,2-3H3,(H,27,31). The Kier molecular flexibility index (Phi) is 9.81. The zero-order valence-corrected chi connectivity index (χ0v) is 22.3. The van der Waals surface area contributed by atoms with Crippen molar-refractivity contribution in [3.63, 3.8) is 0 Å². The highest BCUT2D eigenvalue weighted by molar-refractivity contribution is 14.1. The number of amides is 1. The second-order valence-electron chi connectivity index (χ2n) is 7.64. The third kappa shape index (κ3) is 7.58. The zero-order chi connectivity index (χ0) is 23.8. The van der Waals surface area contributed by atoms with Gasteiger partial charge in [0.05, 0.1) is 11.5 Å². The third-order valence-electron chi connectivity index (χ3n) is 4.76. The molecule has 5 nitrogen and oxygen atoms in total. The monoisotopic (exact) mass is 596 g/mol. The Balaban J connectivity index is 1.59. The van der Waals surface area contributed by atoms with E-state index in [9.17, 15) is 9.18 Å². The fourth-order valence-electron chi connectivity index (χ4n) is 3.13. The predicted molar refractivity (Wildman–Crippen MR) is 144 cm³/mol. The molecule has 33 heavy (non-hydrogen) atoms. The molecule has 1 aromatic heterocycles. The van der Waals surface area contributed by atoms with Gasteiger partial charge in [0.1, 0.15) is 11.6 Å². The van der Waals surface area contributed by atoms with E-state index in [1.54, 1.807) is 30.0 Å². The summed E-state index contributed by atoms with van der Waals surface area (Å²) in [6.07, 6.45) is 1.79. The van der Waals surface area contributed by atoms with Crippen LogP contribution in [0.2, 0.25) is 0 Å². The van der Waals surface area contributed by atoms with Gasteiger partial charge in [0.15, 0.2) is 5.16 Å². The smallest absolute Gasteiger partial charge is 0.234 e. The summed E-state index contributed by atoms with van der Waals surface area (Å²) in [5, 5.41) is 12.3. The van der Waals surface area contributed by atoms with Crippen LogP contribution in [0.25, 0.3) is 0 Å². The van der Waals surface area contributed by atoms with Gasteiger partial charge in [0.2, 0.25) is 5.91 Å². The molecule has 0 aliphatic carbocycles. The summed E-state index contributed by atoms with van der Waals surface area (Å²) in [4.78, 5) is 12.6. The van der Waals surface area contributed by atoms with Gasteiger partial charge in [-0.3, -0.25) is 4.79 Å². The largest absolute Gasteiger partial charge is 0.325 e. The molecular weight excluding hydrogens is 570 g/mol. The summed E-state index contributed by atoms with van der Waals surface area (Å²) in [5.41, 5.74) is 3.02. The van der Waals surface area contributed by atoms with E-state index in [0.29, 0.717) is 23.4 Å². The van der Waals surface area contributed by atoms with Crippen LogP contribution in [0.5, 0.6) is 0 Å². The van der Waals surface area contributed by atoms with Crippen molar-refractivity contribution in [3.05, 3.63) is 81.5 Å². The first kappa shape index (κ1) is 25.8. The van der Waals surface area contributed by atoms with E-state index in [4.69, 9.17) is 0 Å². The van der Waals surface area contributed by atoms with Crippen molar-refractivity contribution >= 4 is 57.7 Å². The number of nitrogens with zero attached hydrogens (tertiary/aromatic N) is 3. The molecule has 0 fully saturated rings. The summed E-state index contributed by atoms with van der Waals surface area (Å²) in [7, 11) is 0. The van der Waals surface area contributed by atoms with E-state index in [0.717, 1.165) is 32.0 Å². The maximum absolute atomic E-state index is 13.1. The van der Waals surface area contributed by atoms with Crippen molar-refractivity contribution < 1.29 is 9.18 Å². The minimum atomic E-state index is -0.234. The van der Waals surface area contributed by atoms with Gasteiger partial charge in [-0.2, -0.15) is 0 Å². The van der Waals surface area contributed by atoms with Crippen LogP contribution in [-0.2, 0) is 22.8 Å². The molecule has 0 saturated heterocycles. The van der Waals surface area contributed by atoms with Crippen molar-refractivity contribution in [1.29, 1.82) is 0 Å². The van der Waals surface area contributed by atoms with E-state index in [1.165, 1.54) is 23.9 Å². The molecule has 3 aromatic rings. The van der Waals surface area contributed by atoms with Crippen LogP contribution >= 0.6 is 46.1 Å². The van der Waals surface area contributed by atoms with Crippen LogP contribution < -0.4 is 5.32 Å². The van der Waals surface area contributed by atoms with E-state index < -0.39 is 0 Å². The first-order valence-corrected chi connectivity index (χ1v) is 13.7. The molecule has 0 aliphatic rings. The number of anilines is 1. The number of hydrogen-bond acceptors (Lipinski definition) is 5. The maximum atomic E-state index is 13.1. The summed E-state index contributed by atoms with van der Waals surface area (Å²) in [6, 6.07) is 12.6. The molecule has 0 spiro atoms. The van der Waals surface area contributed by atoms with Crippen LogP contribution in [0.1, 0.15) is 36.7 Å². The van der Waals surface area contributed by atoms with Crippen molar-refractivity contribution in [3.8, 4) is 0 Å². The first-order valence-electron chi connectivity index (χ1n) is 10.4. The molecule has 0 radical (unpaired) electrons. The maximum Gasteiger partial charge on any atom is 0.234 e. The van der Waals surface area contributed by atoms with Gasteiger partial charge < -0.3 is 9.88 Å². The second-order valence-corrected chi connectivity index (χ2v) is 10.8. The summed E-state index contributed by atoms with van der Waals surface area (Å²) in [6.45, 7) is 8.63. The highest BCUT2D eigenvalue weighted by atomic mass is 127. The number of allylic oxidation sites excluding steroid dienone is 1. The molecule has 1 amide bonds. The molecule has 174 valence electrons. The minimum absolute atomic E-state index is 0.0801. The Morgan fingerprint density at radius 1 is 1.21 bits per heavy atom. The van der Waals surface area contributed by atoms with Crippen LogP contribution in [0.3, 0.4) is 0 Å². The van der Waals surface area contributed by atoms with Gasteiger partial charge in [-0.15, -0.1) is 28.5 Å². The summed E-state index contributed by atoms with van der Waals surface area (Å²) in [5.74, 6) is 2.47. The Labute approximate surface area is 216 Å². The Bertz CT molecular complexity index is 1100. The number of nitrogens with one attached hydrogen (secondary N) is 1. The van der Waals surface area contributed by atoms with Crippen LogP contribution in [-0.4, -0.2) is 26.4 Å². The molecular formula is C24H26FIN4OS2. The number of aromatic nitrogens is 3. The van der Waals surface area contributed by atoms with E-state index in [2.05, 4.69) is 64.6 Å². The second kappa shape index (κ2) is 12.6. The van der Waals surface area contributed by atoms with Crippen LogP contribution in [0.4, 0.5) is 10.1 Å². The first-order chi connectivity index (χ1) is 15.9. The molecule has 0 saturated carbocycles. The van der Waals surface area contributed by atoms with Gasteiger partial charge in [-0.25, -0.2) is 4.39 Å². The fourth-order valence-corrected chi connectivity index (χ4v) is 5.34. The molecule has 0 bridgehead atoms. The minimum Gasteiger partial charge on any atom is -0.325 e. The zero-order valence-electron chi connectivity index (χ0n) is 18.6. The molecule has 3 rings (SSSR count). The number of carbonyl (C=O) groups excluding carboxylic acids is 1. The van der Waals surface area contributed by atoms with E-state index in [1.807, 2.05) is 16.7 Å². The number of rotatable bonds is 11. The molecule has 9 heteroatoms. The van der Waals surface area contributed by atoms with E-state index in [-0.39, 0.29) is 17.5 Å². The lowest BCUT2D eigenvalue weighted by Gasteiger charge is -2.14. The Morgan fingerprint density at radius 2 is 1.97 bits per heavy atom. The van der Waals surface area contributed by atoms with Crippen molar-refractivity contribution in [2.24, 2.45) is 0 Å². The highest BCUT2D eigenvalue weighted by Gasteiger charge is 2.15. The predicted octanol–water partition coefficient (Wildman–Crippen LogP) is 6.50. The molecule has 0 atom stereocenters. The summed E-state index contributed by atoms with van der Waals surface area (Å²) < 4.78 is 16.2. The van der Waals surface area contributed by atoms with Gasteiger partial charge in [0, 0.05) is 21.6 Å². The fraction of sp³-hybridized carbons (Fsp3) is 0.292. The lowest BCUT2D eigenvalue weighted by molar-refractivity contribution is -0.113. The van der Waals surface area contributed by atoms with E-state index >= 15 is 0 Å². The van der Waals surface area contributed by atoms with Gasteiger partial charge in [0.25, 0.3) is 0 Å². The Morgan fingerprint density at radius 3 is 2.67 bits per heavy atom. The number of halogens is 2. The number of benzene rings is 2. The van der Waals surface area contributed by atoms with Crippen molar-refractivity contribution in [2.45, 2.75) is 43.0 Å². The van der Waals surface area contributed by atoms with Crippen molar-refractivity contribution in [1.82, 2.24) is 14.8 Å². The highest BCUT2D eigenvalue weighted by Crippen LogP contribution is 2.27. The quantitative estimate of drug-likeness (QED) is 0.156. The Hall–Kier alpha value is -1.85. The van der Waals surface area contributed by atoms with Gasteiger partial charge in [-0.05, 0) is 70.0 Å². The number of thioether (sulfide) groups is 2. The molecule has 1 heterocycles. The lowest BCUT2D eigenvalue weighted by atomic mass is 10.0. The SMILES string of the molecule is C=CCn1c(CSCc2ccc(F)cc2)nnc1SCC(=O)Nc1ccc(I)cc1C(C)C. The number of hydrogen-bond donors (Lipinski definition) is 1. The third-order valence-corrected chi connectivity index (χ3v) is 7.40. The number of carbonyl (C=O) groups is 1. The van der Waals surface area contributed by atoms with Gasteiger partial charge >= 0.3 is 0 Å². The molecule has 2 aromatic carbocycles. The average Bonchev–Trinajstić information content (AvgIpc) is 3.16.